The highest BCUT2D eigenvalue weighted by Gasteiger charge is 2.36. The van der Waals surface area contributed by atoms with Gasteiger partial charge in [-0.2, -0.15) is 0 Å². The standard InChI is InChI=1S/C11H23NO3S/c1-9-4-5-10(12-2)11(8-9)16(13,14)7-6-15-3/h9-12H,4-8H2,1-3H3. The van der Waals surface area contributed by atoms with Gasteiger partial charge in [-0.15, -0.1) is 0 Å². The minimum absolute atomic E-state index is 0.109. The Labute approximate surface area is 98.7 Å². The van der Waals surface area contributed by atoms with E-state index in [1.54, 1.807) is 0 Å². The van der Waals surface area contributed by atoms with Crippen molar-refractivity contribution in [3.05, 3.63) is 0 Å². The van der Waals surface area contributed by atoms with Crippen molar-refractivity contribution in [1.82, 2.24) is 5.32 Å². The van der Waals surface area contributed by atoms with Gasteiger partial charge in [-0.25, -0.2) is 8.42 Å². The number of rotatable bonds is 5. The quantitative estimate of drug-likeness (QED) is 0.784. The zero-order valence-corrected chi connectivity index (χ0v) is 11.2. The van der Waals surface area contributed by atoms with Gasteiger partial charge in [0.15, 0.2) is 9.84 Å². The van der Waals surface area contributed by atoms with E-state index >= 15 is 0 Å². The van der Waals surface area contributed by atoms with Crippen molar-refractivity contribution in [1.29, 1.82) is 0 Å². The normalized spacial score (nSPS) is 31.6. The zero-order valence-electron chi connectivity index (χ0n) is 10.4. The third-order valence-electron chi connectivity index (χ3n) is 3.46. The third-order valence-corrected chi connectivity index (χ3v) is 5.64. The average Bonchev–Trinajstić information content (AvgIpc) is 2.26. The highest BCUT2D eigenvalue weighted by Crippen LogP contribution is 2.29. The summed E-state index contributed by atoms with van der Waals surface area (Å²) in [5, 5.41) is 2.90. The van der Waals surface area contributed by atoms with Gasteiger partial charge in [-0.3, -0.25) is 0 Å². The molecule has 1 aliphatic carbocycles. The Hall–Kier alpha value is -0.130. The second-order valence-electron chi connectivity index (χ2n) is 4.71. The van der Waals surface area contributed by atoms with E-state index in [-0.39, 0.29) is 17.0 Å². The van der Waals surface area contributed by atoms with Crippen LogP contribution in [0, 0.1) is 5.92 Å². The molecule has 3 unspecified atom stereocenters. The minimum Gasteiger partial charge on any atom is -0.384 e. The molecule has 1 aliphatic rings. The molecule has 0 aromatic carbocycles. The molecule has 96 valence electrons. The van der Waals surface area contributed by atoms with Crippen LogP contribution in [-0.4, -0.2) is 46.2 Å². The molecule has 5 heteroatoms. The number of sulfone groups is 1. The Morgan fingerprint density at radius 1 is 1.38 bits per heavy atom. The first-order valence-electron chi connectivity index (χ1n) is 5.89. The van der Waals surface area contributed by atoms with Gasteiger partial charge in [0.05, 0.1) is 17.6 Å². The van der Waals surface area contributed by atoms with E-state index in [1.165, 1.54) is 7.11 Å². The van der Waals surface area contributed by atoms with Gasteiger partial charge in [0.25, 0.3) is 0 Å². The van der Waals surface area contributed by atoms with Crippen LogP contribution in [0.15, 0.2) is 0 Å². The van der Waals surface area contributed by atoms with Crippen molar-refractivity contribution >= 4 is 9.84 Å². The average molecular weight is 249 g/mol. The molecule has 1 fully saturated rings. The lowest BCUT2D eigenvalue weighted by Crippen LogP contribution is -2.47. The van der Waals surface area contributed by atoms with E-state index < -0.39 is 9.84 Å². The SMILES string of the molecule is CNC1CCC(C)CC1S(=O)(=O)CCOC. The van der Waals surface area contributed by atoms with Crippen molar-refractivity contribution in [3.8, 4) is 0 Å². The summed E-state index contributed by atoms with van der Waals surface area (Å²) < 4.78 is 29.1. The number of hydrogen-bond donors (Lipinski definition) is 1. The molecular formula is C11H23NO3S. The molecule has 0 aromatic rings. The van der Waals surface area contributed by atoms with Crippen molar-refractivity contribution < 1.29 is 13.2 Å². The number of hydrogen-bond acceptors (Lipinski definition) is 4. The molecule has 1 rings (SSSR count). The molecule has 0 radical (unpaired) electrons. The van der Waals surface area contributed by atoms with Crippen LogP contribution in [0.1, 0.15) is 26.2 Å². The van der Waals surface area contributed by atoms with Gasteiger partial charge in [0.1, 0.15) is 0 Å². The third kappa shape index (κ3) is 3.43. The summed E-state index contributed by atoms with van der Waals surface area (Å²) in [5.74, 6) is 0.644. The van der Waals surface area contributed by atoms with Crippen molar-refractivity contribution in [2.75, 3.05) is 26.5 Å². The molecule has 0 saturated heterocycles. The van der Waals surface area contributed by atoms with Crippen LogP contribution >= 0.6 is 0 Å². The van der Waals surface area contributed by atoms with Gasteiger partial charge in [0.2, 0.25) is 0 Å². The highest BCUT2D eigenvalue weighted by atomic mass is 32.2. The summed E-state index contributed by atoms with van der Waals surface area (Å²) in [4.78, 5) is 0. The Morgan fingerprint density at radius 3 is 2.62 bits per heavy atom. The van der Waals surface area contributed by atoms with Crippen LogP contribution in [0.2, 0.25) is 0 Å². The van der Waals surface area contributed by atoms with Crippen molar-refractivity contribution in [2.24, 2.45) is 5.92 Å². The second kappa shape index (κ2) is 5.98. The monoisotopic (exact) mass is 249 g/mol. The predicted molar refractivity (Wildman–Crippen MR) is 65.3 cm³/mol. The highest BCUT2D eigenvalue weighted by molar-refractivity contribution is 7.92. The Bertz CT molecular complexity index is 302. The molecule has 0 aliphatic heterocycles. The summed E-state index contributed by atoms with van der Waals surface area (Å²) >= 11 is 0. The van der Waals surface area contributed by atoms with Crippen molar-refractivity contribution in [2.45, 2.75) is 37.5 Å². The first kappa shape index (κ1) is 13.9. The van der Waals surface area contributed by atoms with Gasteiger partial charge in [-0.05, 0) is 32.2 Å². The van der Waals surface area contributed by atoms with Gasteiger partial charge in [-0.1, -0.05) is 6.92 Å². The fourth-order valence-electron chi connectivity index (χ4n) is 2.41. The lowest BCUT2D eigenvalue weighted by molar-refractivity contribution is 0.216. The summed E-state index contributed by atoms with van der Waals surface area (Å²) in [5.41, 5.74) is 0. The molecule has 0 aromatic heterocycles. The van der Waals surface area contributed by atoms with Crippen LogP contribution in [0.5, 0.6) is 0 Å². The molecule has 1 saturated carbocycles. The Balaban J connectivity index is 2.73. The van der Waals surface area contributed by atoms with Gasteiger partial charge < -0.3 is 10.1 Å². The molecule has 4 nitrogen and oxygen atoms in total. The number of methoxy groups -OCH3 is 1. The molecule has 3 atom stereocenters. The predicted octanol–water partition coefficient (Wildman–Crippen LogP) is 0.824. The summed E-state index contributed by atoms with van der Waals surface area (Å²) in [6.07, 6.45) is 2.84. The molecule has 1 N–H and O–H groups in total. The maximum absolute atomic E-state index is 12.1. The maximum atomic E-state index is 12.1. The van der Waals surface area contributed by atoms with Crippen LogP contribution in [-0.2, 0) is 14.6 Å². The summed E-state index contributed by atoms with van der Waals surface area (Å²) in [7, 11) is 0.356. The van der Waals surface area contributed by atoms with Crippen molar-refractivity contribution in [3.63, 3.8) is 0 Å². The zero-order chi connectivity index (χ0) is 12.2. The minimum atomic E-state index is -3.03. The molecule has 0 bridgehead atoms. The smallest absolute Gasteiger partial charge is 0.156 e. The Kier molecular flexibility index (Phi) is 5.21. The van der Waals surface area contributed by atoms with E-state index in [0.717, 1.165) is 19.3 Å². The Morgan fingerprint density at radius 2 is 2.06 bits per heavy atom. The summed E-state index contributed by atoms with van der Waals surface area (Å²) in [6, 6.07) is 0.109. The van der Waals surface area contributed by atoms with Crippen LogP contribution < -0.4 is 5.32 Å². The van der Waals surface area contributed by atoms with E-state index in [4.69, 9.17) is 4.74 Å². The summed E-state index contributed by atoms with van der Waals surface area (Å²) in [6.45, 7) is 2.42. The fraction of sp³-hybridized carbons (Fsp3) is 1.00. The number of ether oxygens (including phenoxy) is 1. The van der Waals surface area contributed by atoms with Crippen LogP contribution in [0.4, 0.5) is 0 Å². The van der Waals surface area contributed by atoms with Crippen LogP contribution in [0.3, 0.4) is 0 Å². The first-order valence-corrected chi connectivity index (χ1v) is 7.60. The first-order chi connectivity index (χ1) is 7.51. The fourth-order valence-corrected chi connectivity index (χ4v) is 4.50. The maximum Gasteiger partial charge on any atom is 0.156 e. The van der Waals surface area contributed by atoms with E-state index in [2.05, 4.69) is 12.2 Å². The molecule has 0 heterocycles. The van der Waals surface area contributed by atoms with E-state index in [1.807, 2.05) is 7.05 Å². The van der Waals surface area contributed by atoms with E-state index in [0.29, 0.717) is 12.5 Å². The molecule has 16 heavy (non-hydrogen) atoms. The molecule has 0 amide bonds. The second-order valence-corrected chi connectivity index (χ2v) is 7.05. The largest absolute Gasteiger partial charge is 0.384 e. The van der Waals surface area contributed by atoms with Gasteiger partial charge in [0, 0.05) is 13.2 Å². The lowest BCUT2D eigenvalue weighted by Gasteiger charge is -2.34. The molecule has 0 spiro atoms. The topological polar surface area (TPSA) is 55.4 Å². The molecular weight excluding hydrogens is 226 g/mol. The van der Waals surface area contributed by atoms with Gasteiger partial charge >= 0.3 is 0 Å². The lowest BCUT2D eigenvalue weighted by atomic mass is 9.87. The number of nitrogens with one attached hydrogen (secondary N) is 1. The van der Waals surface area contributed by atoms with E-state index in [9.17, 15) is 8.42 Å². The van der Waals surface area contributed by atoms with Crippen LogP contribution in [0.25, 0.3) is 0 Å².